The number of Topliss-reactive ketones (excluding diaryl/α,β-unsaturated/α-hetero) is 1. The average molecular weight is 291 g/mol. The van der Waals surface area contributed by atoms with Crippen LogP contribution in [-0.2, 0) is 14.9 Å². The third-order valence-electron chi connectivity index (χ3n) is 3.40. The maximum Gasteiger partial charge on any atom is 0.294 e. The fraction of sp³-hybridized carbons (Fsp3) is 0.529. The Hall–Kier alpha value is -1.68. The number of hydrogen-bond acceptors (Lipinski definition) is 3. The van der Waals surface area contributed by atoms with Gasteiger partial charge in [0.15, 0.2) is 0 Å². The van der Waals surface area contributed by atoms with Gasteiger partial charge < -0.3 is 9.64 Å². The summed E-state index contributed by atoms with van der Waals surface area (Å²) < 4.78 is 4.94. The molecule has 1 aromatic rings. The van der Waals surface area contributed by atoms with Crippen molar-refractivity contribution in [2.75, 3.05) is 27.3 Å². The standard InChI is InChI=1S/C17H25NO3/c1-17(2,3)14-9-7-13(8-10-14)15(19)16(20)18(4)11-6-12-21-5/h7-10H,6,11-12H2,1-5H3. The van der Waals surface area contributed by atoms with Crippen LogP contribution in [0.4, 0.5) is 0 Å². The van der Waals surface area contributed by atoms with Crippen molar-refractivity contribution < 1.29 is 14.3 Å². The van der Waals surface area contributed by atoms with Crippen LogP contribution in [-0.4, -0.2) is 43.9 Å². The summed E-state index contributed by atoms with van der Waals surface area (Å²) in [7, 11) is 3.25. The second-order valence-corrected chi connectivity index (χ2v) is 6.23. The molecule has 4 heteroatoms. The molecule has 1 amide bonds. The number of rotatable bonds is 6. The second-order valence-electron chi connectivity index (χ2n) is 6.23. The Kier molecular flexibility index (Phi) is 6.09. The van der Waals surface area contributed by atoms with E-state index in [4.69, 9.17) is 4.74 Å². The van der Waals surface area contributed by atoms with Gasteiger partial charge >= 0.3 is 0 Å². The van der Waals surface area contributed by atoms with Crippen molar-refractivity contribution in [2.45, 2.75) is 32.6 Å². The number of amides is 1. The molecule has 116 valence electrons. The van der Waals surface area contributed by atoms with Crippen LogP contribution in [0.2, 0.25) is 0 Å². The lowest BCUT2D eigenvalue weighted by molar-refractivity contribution is -0.125. The fourth-order valence-corrected chi connectivity index (χ4v) is 1.97. The SMILES string of the molecule is COCCCN(C)C(=O)C(=O)c1ccc(C(C)(C)C)cc1. The first-order valence-corrected chi connectivity index (χ1v) is 7.16. The number of ether oxygens (including phenoxy) is 1. The summed E-state index contributed by atoms with van der Waals surface area (Å²) in [6.07, 6.45) is 0.717. The topological polar surface area (TPSA) is 46.6 Å². The molecule has 0 saturated carbocycles. The summed E-state index contributed by atoms with van der Waals surface area (Å²) >= 11 is 0. The van der Waals surface area contributed by atoms with Crippen molar-refractivity contribution in [3.63, 3.8) is 0 Å². The zero-order chi connectivity index (χ0) is 16.0. The molecule has 0 aliphatic heterocycles. The van der Waals surface area contributed by atoms with Gasteiger partial charge in [-0.2, -0.15) is 0 Å². The van der Waals surface area contributed by atoms with E-state index in [0.29, 0.717) is 18.7 Å². The molecule has 0 atom stereocenters. The van der Waals surface area contributed by atoms with Crippen LogP contribution >= 0.6 is 0 Å². The van der Waals surface area contributed by atoms with Crippen molar-refractivity contribution in [3.05, 3.63) is 35.4 Å². The lowest BCUT2D eigenvalue weighted by Gasteiger charge is -2.19. The molecule has 0 N–H and O–H groups in total. The smallest absolute Gasteiger partial charge is 0.294 e. The molecule has 0 heterocycles. The summed E-state index contributed by atoms with van der Waals surface area (Å²) in [5.41, 5.74) is 1.61. The van der Waals surface area contributed by atoms with Crippen LogP contribution in [0.25, 0.3) is 0 Å². The van der Waals surface area contributed by atoms with Crippen LogP contribution in [0.15, 0.2) is 24.3 Å². The number of carbonyl (C=O) groups is 2. The number of benzene rings is 1. The van der Waals surface area contributed by atoms with Crippen molar-refractivity contribution in [3.8, 4) is 0 Å². The number of hydrogen-bond donors (Lipinski definition) is 0. The van der Waals surface area contributed by atoms with E-state index in [0.717, 1.165) is 12.0 Å². The minimum absolute atomic E-state index is 0.0303. The summed E-state index contributed by atoms with van der Waals surface area (Å²) in [4.78, 5) is 25.7. The quantitative estimate of drug-likeness (QED) is 0.460. The van der Waals surface area contributed by atoms with Gasteiger partial charge in [-0.1, -0.05) is 45.0 Å². The highest BCUT2D eigenvalue weighted by Crippen LogP contribution is 2.22. The molecule has 0 radical (unpaired) electrons. The van der Waals surface area contributed by atoms with Gasteiger partial charge in [0.05, 0.1) is 0 Å². The minimum atomic E-state index is -0.477. The number of carbonyl (C=O) groups excluding carboxylic acids is 2. The van der Waals surface area contributed by atoms with E-state index in [2.05, 4.69) is 20.8 Å². The highest BCUT2D eigenvalue weighted by Gasteiger charge is 2.21. The lowest BCUT2D eigenvalue weighted by atomic mass is 9.86. The monoisotopic (exact) mass is 291 g/mol. The third-order valence-corrected chi connectivity index (χ3v) is 3.40. The number of likely N-dealkylation sites (N-methyl/N-ethyl adjacent to an activating group) is 1. The Labute approximate surface area is 127 Å². The molecule has 1 aromatic carbocycles. The maximum absolute atomic E-state index is 12.2. The van der Waals surface area contributed by atoms with Gasteiger partial charge in [-0.25, -0.2) is 0 Å². The van der Waals surface area contributed by atoms with Gasteiger partial charge in [-0.15, -0.1) is 0 Å². The van der Waals surface area contributed by atoms with Gasteiger partial charge in [0, 0.05) is 32.9 Å². The van der Waals surface area contributed by atoms with E-state index in [1.165, 1.54) is 4.90 Å². The molecule has 0 bridgehead atoms. The first kappa shape index (κ1) is 17.4. The largest absolute Gasteiger partial charge is 0.385 e. The predicted octanol–water partition coefficient (Wildman–Crippen LogP) is 2.66. The summed E-state index contributed by atoms with van der Waals surface area (Å²) in [5, 5.41) is 0. The molecule has 0 aromatic heterocycles. The molecule has 0 saturated heterocycles. The minimum Gasteiger partial charge on any atom is -0.385 e. The number of methoxy groups -OCH3 is 1. The van der Waals surface area contributed by atoms with Crippen LogP contribution in [0, 0.1) is 0 Å². The van der Waals surface area contributed by atoms with Gasteiger partial charge in [0.25, 0.3) is 5.91 Å². The molecular formula is C17H25NO3. The van der Waals surface area contributed by atoms with E-state index in [9.17, 15) is 9.59 Å². The predicted molar refractivity (Wildman–Crippen MR) is 83.6 cm³/mol. The fourth-order valence-electron chi connectivity index (χ4n) is 1.97. The maximum atomic E-state index is 12.2. The average Bonchev–Trinajstić information content (AvgIpc) is 2.45. The second kappa shape index (κ2) is 7.36. The molecule has 1 rings (SSSR count). The Morgan fingerprint density at radius 1 is 1.14 bits per heavy atom. The molecule has 0 spiro atoms. The van der Waals surface area contributed by atoms with E-state index in [1.807, 2.05) is 12.1 Å². The Morgan fingerprint density at radius 2 is 1.71 bits per heavy atom. The van der Waals surface area contributed by atoms with Crippen LogP contribution in [0.1, 0.15) is 43.1 Å². The van der Waals surface area contributed by atoms with Crippen molar-refractivity contribution >= 4 is 11.7 Å². The van der Waals surface area contributed by atoms with Crippen molar-refractivity contribution in [1.29, 1.82) is 0 Å². The van der Waals surface area contributed by atoms with E-state index < -0.39 is 11.7 Å². The zero-order valence-electron chi connectivity index (χ0n) is 13.6. The Morgan fingerprint density at radius 3 is 2.19 bits per heavy atom. The Bertz CT molecular complexity index is 486. The van der Waals surface area contributed by atoms with Crippen LogP contribution in [0.5, 0.6) is 0 Å². The normalized spacial score (nSPS) is 11.3. The van der Waals surface area contributed by atoms with E-state index in [1.54, 1.807) is 26.3 Å². The highest BCUT2D eigenvalue weighted by atomic mass is 16.5. The molecule has 0 aliphatic carbocycles. The van der Waals surface area contributed by atoms with Gasteiger partial charge in [-0.3, -0.25) is 9.59 Å². The van der Waals surface area contributed by atoms with Crippen molar-refractivity contribution in [1.82, 2.24) is 4.90 Å². The summed E-state index contributed by atoms with van der Waals surface area (Å²) in [6.45, 7) is 7.42. The van der Waals surface area contributed by atoms with Crippen LogP contribution < -0.4 is 0 Å². The number of ketones is 1. The van der Waals surface area contributed by atoms with E-state index >= 15 is 0 Å². The van der Waals surface area contributed by atoms with Crippen LogP contribution in [0.3, 0.4) is 0 Å². The van der Waals surface area contributed by atoms with Gasteiger partial charge in [0.1, 0.15) is 0 Å². The highest BCUT2D eigenvalue weighted by molar-refractivity contribution is 6.42. The first-order valence-electron chi connectivity index (χ1n) is 7.16. The lowest BCUT2D eigenvalue weighted by Crippen LogP contribution is -2.34. The summed E-state index contributed by atoms with van der Waals surface area (Å²) in [5.74, 6) is -0.940. The molecule has 4 nitrogen and oxygen atoms in total. The number of nitrogens with zero attached hydrogens (tertiary/aromatic N) is 1. The van der Waals surface area contributed by atoms with E-state index in [-0.39, 0.29) is 5.41 Å². The zero-order valence-corrected chi connectivity index (χ0v) is 13.6. The Balaban J connectivity index is 2.72. The van der Waals surface area contributed by atoms with Gasteiger partial charge in [-0.05, 0) is 17.4 Å². The molecule has 0 fully saturated rings. The molecule has 21 heavy (non-hydrogen) atoms. The molecular weight excluding hydrogens is 266 g/mol. The first-order chi connectivity index (χ1) is 9.77. The van der Waals surface area contributed by atoms with Gasteiger partial charge in [0.2, 0.25) is 5.78 Å². The third kappa shape index (κ3) is 4.97. The molecule has 0 unspecified atom stereocenters. The summed E-state index contributed by atoms with van der Waals surface area (Å²) in [6, 6.07) is 7.27. The van der Waals surface area contributed by atoms with Crippen molar-refractivity contribution in [2.24, 2.45) is 0 Å². The molecule has 0 aliphatic rings.